The number of amides is 1. The molecular weight excluding hydrogens is 373 g/mol. The maximum Gasteiger partial charge on any atom is 0.224 e. The third-order valence-corrected chi connectivity index (χ3v) is 4.19. The van der Waals surface area contributed by atoms with Crippen LogP contribution in [0.5, 0.6) is 5.75 Å². The average molecular weight is 399 g/mol. The Morgan fingerprint density at radius 1 is 1.42 bits per heavy atom. The van der Waals surface area contributed by atoms with Crippen molar-refractivity contribution in [3.63, 3.8) is 0 Å². The van der Waals surface area contributed by atoms with E-state index in [0.717, 1.165) is 37.4 Å². The second-order valence-corrected chi connectivity index (χ2v) is 5.90. The second kappa shape index (κ2) is 11.6. The molecule has 1 unspecified atom stereocenters. The van der Waals surface area contributed by atoms with E-state index in [9.17, 15) is 4.79 Å². The van der Waals surface area contributed by atoms with E-state index in [1.807, 2.05) is 24.1 Å². The van der Waals surface area contributed by atoms with E-state index in [4.69, 9.17) is 16.3 Å². The van der Waals surface area contributed by atoms with Crippen LogP contribution in [0, 0.1) is 0 Å². The number of anilines is 1. The van der Waals surface area contributed by atoms with Gasteiger partial charge in [-0.25, -0.2) is 0 Å². The van der Waals surface area contributed by atoms with Gasteiger partial charge in [0.2, 0.25) is 5.91 Å². The third-order valence-electron chi connectivity index (χ3n) is 3.95. The molecule has 2 rings (SSSR count). The summed E-state index contributed by atoms with van der Waals surface area (Å²) in [7, 11) is 3.54. The highest BCUT2D eigenvalue weighted by Crippen LogP contribution is 2.27. The Kier molecular flexibility index (Phi) is 11.2. The SMILES string of the molecule is CNCC1CCCN1C(=O)CCNc1cc(Cl)ccc1OC.Cl.Cl. The summed E-state index contributed by atoms with van der Waals surface area (Å²) in [5, 5.41) is 7.03. The maximum absolute atomic E-state index is 12.3. The number of methoxy groups -OCH3 is 1. The number of rotatable bonds is 7. The molecule has 24 heavy (non-hydrogen) atoms. The van der Waals surface area contributed by atoms with E-state index in [1.165, 1.54) is 0 Å². The number of likely N-dealkylation sites (N-methyl/N-ethyl adjacent to an activating group) is 1. The normalized spacial score (nSPS) is 16.1. The van der Waals surface area contributed by atoms with Gasteiger partial charge in [0, 0.05) is 37.1 Å². The number of ether oxygens (including phenoxy) is 1. The van der Waals surface area contributed by atoms with Crippen LogP contribution in [-0.2, 0) is 4.79 Å². The Morgan fingerprint density at radius 2 is 2.17 bits per heavy atom. The number of carbonyl (C=O) groups excluding carboxylic acids is 1. The highest BCUT2D eigenvalue weighted by molar-refractivity contribution is 6.30. The van der Waals surface area contributed by atoms with Crippen LogP contribution < -0.4 is 15.4 Å². The Labute approximate surface area is 161 Å². The van der Waals surface area contributed by atoms with Gasteiger partial charge in [0.15, 0.2) is 0 Å². The largest absolute Gasteiger partial charge is 0.495 e. The predicted molar refractivity (Wildman–Crippen MR) is 104 cm³/mol. The molecule has 1 atom stereocenters. The lowest BCUT2D eigenvalue weighted by Gasteiger charge is -2.24. The number of hydrogen-bond donors (Lipinski definition) is 2. The molecule has 0 aliphatic carbocycles. The topological polar surface area (TPSA) is 53.6 Å². The van der Waals surface area contributed by atoms with Crippen LogP contribution in [0.25, 0.3) is 0 Å². The molecule has 1 saturated heterocycles. The summed E-state index contributed by atoms with van der Waals surface area (Å²) in [6.07, 6.45) is 2.64. The fourth-order valence-electron chi connectivity index (χ4n) is 2.88. The molecule has 2 N–H and O–H groups in total. The minimum absolute atomic E-state index is 0. The van der Waals surface area contributed by atoms with Gasteiger partial charge >= 0.3 is 0 Å². The number of benzene rings is 1. The highest BCUT2D eigenvalue weighted by atomic mass is 35.5. The molecule has 1 aliphatic heterocycles. The lowest BCUT2D eigenvalue weighted by atomic mass is 10.2. The molecule has 5 nitrogen and oxygen atoms in total. The van der Waals surface area contributed by atoms with Crippen molar-refractivity contribution < 1.29 is 9.53 Å². The van der Waals surface area contributed by atoms with Crippen molar-refractivity contribution in [3.05, 3.63) is 23.2 Å². The Bertz CT molecular complexity index is 517. The molecule has 0 aromatic heterocycles. The van der Waals surface area contributed by atoms with Gasteiger partial charge in [0.05, 0.1) is 12.8 Å². The molecule has 1 fully saturated rings. The first-order valence-corrected chi connectivity index (χ1v) is 8.05. The number of nitrogens with zero attached hydrogens (tertiary/aromatic N) is 1. The zero-order chi connectivity index (χ0) is 15.9. The number of likely N-dealkylation sites (tertiary alicyclic amines) is 1. The first-order chi connectivity index (χ1) is 10.7. The molecule has 1 aromatic rings. The van der Waals surface area contributed by atoms with Crippen LogP contribution in [0.2, 0.25) is 5.02 Å². The van der Waals surface area contributed by atoms with Crippen LogP contribution in [0.4, 0.5) is 5.69 Å². The first kappa shape index (κ1) is 23.1. The van der Waals surface area contributed by atoms with Crippen LogP contribution >= 0.6 is 36.4 Å². The van der Waals surface area contributed by atoms with Crippen LogP contribution in [0.3, 0.4) is 0 Å². The fraction of sp³-hybridized carbons (Fsp3) is 0.562. The third kappa shape index (κ3) is 6.20. The van der Waals surface area contributed by atoms with Gasteiger partial charge in [-0.2, -0.15) is 0 Å². The van der Waals surface area contributed by atoms with Crippen molar-refractivity contribution in [3.8, 4) is 5.75 Å². The van der Waals surface area contributed by atoms with E-state index in [-0.39, 0.29) is 30.7 Å². The predicted octanol–water partition coefficient (Wildman–Crippen LogP) is 3.20. The second-order valence-electron chi connectivity index (χ2n) is 5.46. The summed E-state index contributed by atoms with van der Waals surface area (Å²) in [6, 6.07) is 5.74. The summed E-state index contributed by atoms with van der Waals surface area (Å²) < 4.78 is 5.28. The van der Waals surface area contributed by atoms with E-state index in [0.29, 0.717) is 24.0 Å². The molecule has 138 valence electrons. The summed E-state index contributed by atoms with van der Waals surface area (Å²) in [5.74, 6) is 0.928. The molecule has 0 radical (unpaired) electrons. The number of carbonyl (C=O) groups is 1. The standard InChI is InChI=1S/C16H24ClN3O2.2ClH/c1-18-11-13-4-3-9-20(13)16(21)7-8-19-14-10-12(17)5-6-15(14)22-2;;/h5-6,10,13,18-19H,3-4,7-9,11H2,1-2H3;2*1H. The molecule has 1 amide bonds. The molecule has 0 spiro atoms. The van der Waals surface area contributed by atoms with Crippen molar-refractivity contribution in [2.24, 2.45) is 0 Å². The molecule has 0 saturated carbocycles. The zero-order valence-electron chi connectivity index (χ0n) is 14.0. The summed E-state index contributed by atoms with van der Waals surface area (Å²) in [6.45, 7) is 2.30. The minimum atomic E-state index is 0. The Hall–Kier alpha value is -0.880. The zero-order valence-corrected chi connectivity index (χ0v) is 16.4. The van der Waals surface area contributed by atoms with Gasteiger partial charge in [-0.05, 0) is 38.1 Å². The maximum atomic E-state index is 12.3. The van der Waals surface area contributed by atoms with Crippen molar-refractivity contribution in [1.29, 1.82) is 0 Å². The van der Waals surface area contributed by atoms with E-state index in [1.54, 1.807) is 13.2 Å². The summed E-state index contributed by atoms with van der Waals surface area (Å²) in [4.78, 5) is 14.3. The van der Waals surface area contributed by atoms with Gasteiger partial charge in [0.25, 0.3) is 0 Å². The Balaban J connectivity index is 0.00000264. The van der Waals surface area contributed by atoms with Crippen molar-refractivity contribution >= 4 is 48.0 Å². The fourth-order valence-corrected chi connectivity index (χ4v) is 3.05. The van der Waals surface area contributed by atoms with Crippen molar-refractivity contribution in [2.45, 2.75) is 25.3 Å². The van der Waals surface area contributed by atoms with Gasteiger partial charge in [-0.15, -0.1) is 24.8 Å². The van der Waals surface area contributed by atoms with E-state index in [2.05, 4.69) is 10.6 Å². The average Bonchev–Trinajstić information content (AvgIpc) is 2.96. The number of nitrogens with one attached hydrogen (secondary N) is 2. The summed E-state index contributed by atoms with van der Waals surface area (Å²) in [5.41, 5.74) is 0.816. The van der Waals surface area contributed by atoms with Crippen LogP contribution in [-0.4, -0.2) is 50.6 Å². The molecule has 8 heteroatoms. The monoisotopic (exact) mass is 397 g/mol. The highest BCUT2D eigenvalue weighted by Gasteiger charge is 2.27. The van der Waals surface area contributed by atoms with Crippen molar-refractivity contribution in [2.75, 3.05) is 39.1 Å². The van der Waals surface area contributed by atoms with Gasteiger partial charge < -0.3 is 20.3 Å². The molecule has 1 aromatic carbocycles. The van der Waals surface area contributed by atoms with Crippen LogP contribution in [0.15, 0.2) is 18.2 Å². The number of halogens is 3. The van der Waals surface area contributed by atoms with Gasteiger partial charge in [-0.1, -0.05) is 11.6 Å². The molecular formula is C16H26Cl3N3O2. The van der Waals surface area contributed by atoms with Gasteiger partial charge in [0.1, 0.15) is 5.75 Å². The summed E-state index contributed by atoms with van der Waals surface area (Å²) >= 11 is 6.00. The van der Waals surface area contributed by atoms with E-state index >= 15 is 0 Å². The van der Waals surface area contributed by atoms with Crippen molar-refractivity contribution in [1.82, 2.24) is 10.2 Å². The quantitative estimate of drug-likeness (QED) is 0.740. The smallest absolute Gasteiger partial charge is 0.224 e. The van der Waals surface area contributed by atoms with Crippen LogP contribution in [0.1, 0.15) is 19.3 Å². The van der Waals surface area contributed by atoms with Gasteiger partial charge in [-0.3, -0.25) is 4.79 Å². The molecule has 1 heterocycles. The molecule has 1 aliphatic rings. The molecule has 0 bridgehead atoms. The first-order valence-electron chi connectivity index (χ1n) is 7.67. The lowest BCUT2D eigenvalue weighted by Crippen LogP contribution is -2.41. The lowest BCUT2D eigenvalue weighted by molar-refractivity contribution is -0.131. The Morgan fingerprint density at radius 3 is 2.83 bits per heavy atom. The number of hydrogen-bond acceptors (Lipinski definition) is 4. The van der Waals surface area contributed by atoms with E-state index < -0.39 is 0 Å². The minimum Gasteiger partial charge on any atom is -0.495 e.